The van der Waals surface area contributed by atoms with E-state index < -0.39 is 0 Å². The maximum atomic E-state index is 5.39. The predicted molar refractivity (Wildman–Crippen MR) is 46.9 cm³/mol. The lowest BCUT2D eigenvalue weighted by Crippen LogP contribution is -1.83. The topological polar surface area (TPSA) is 13.1 Å². The van der Waals surface area contributed by atoms with E-state index in [0.717, 1.165) is 5.76 Å². The molecule has 0 aliphatic rings. The van der Waals surface area contributed by atoms with Crippen molar-refractivity contribution >= 4 is 0 Å². The fourth-order valence-electron chi connectivity index (χ4n) is 0.974. The van der Waals surface area contributed by atoms with Gasteiger partial charge in [-0.15, -0.1) is 0 Å². The first kappa shape index (κ1) is 8.38. The SMILES string of the molecule is CC(C)c1coc(C(C)C)c1. The van der Waals surface area contributed by atoms with Crippen molar-refractivity contribution in [2.24, 2.45) is 0 Å². The normalized spacial score (nSPS) is 11.5. The molecule has 0 unspecified atom stereocenters. The molecule has 0 aromatic carbocycles. The van der Waals surface area contributed by atoms with Crippen LogP contribution in [0.2, 0.25) is 0 Å². The lowest BCUT2D eigenvalue weighted by molar-refractivity contribution is 0.484. The van der Waals surface area contributed by atoms with Gasteiger partial charge in [0.2, 0.25) is 0 Å². The summed E-state index contributed by atoms with van der Waals surface area (Å²) in [6, 6.07) is 2.15. The minimum Gasteiger partial charge on any atom is -0.469 e. The van der Waals surface area contributed by atoms with E-state index in [1.807, 2.05) is 6.26 Å². The molecule has 1 nitrogen and oxygen atoms in total. The highest BCUT2D eigenvalue weighted by atomic mass is 16.3. The van der Waals surface area contributed by atoms with E-state index in [1.54, 1.807) is 0 Å². The molecule has 11 heavy (non-hydrogen) atoms. The maximum Gasteiger partial charge on any atom is 0.106 e. The minimum absolute atomic E-state index is 0.502. The zero-order valence-corrected chi connectivity index (χ0v) is 7.72. The molecule has 0 fully saturated rings. The Labute approximate surface area is 68.4 Å². The molecule has 0 saturated carbocycles. The average molecular weight is 152 g/mol. The predicted octanol–water partition coefficient (Wildman–Crippen LogP) is 3.53. The van der Waals surface area contributed by atoms with E-state index in [9.17, 15) is 0 Å². The van der Waals surface area contributed by atoms with Crippen molar-refractivity contribution in [1.29, 1.82) is 0 Å². The molecular weight excluding hydrogens is 136 g/mol. The van der Waals surface area contributed by atoms with Crippen molar-refractivity contribution in [3.8, 4) is 0 Å². The summed E-state index contributed by atoms with van der Waals surface area (Å²) >= 11 is 0. The highest BCUT2D eigenvalue weighted by molar-refractivity contribution is 5.18. The number of furan rings is 1. The molecule has 0 aliphatic carbocycles. The molecule has 0 N–H and O–H groups in total. The first-order valence-electron chi connectivity index (χ1n) is 4.19. The molecule has 1 rings (SSSR count). The van der Waals surface area contributed by atoms with Crippen molar-refractivity contribution in [1.82, 2.24) is 0 Å². The van der Waals surface area contributed by atoms with Gasteiger partial charge in [0.05, 0.1) is 6.26 Å². The summed E-state index contributed by atoms with van der Waals surface area (Å²) < 4.78 is 5.39. The molecule has 0 bridgehead atoms. The second-order valence-corrected chi connectivity index (χ2v) is 3.59. The largest absolute Gasteiger partial charge is 0.469 e. The third-order valence-corrected chi connectivity index (χ3v) is 1.88. The van der Waals surface area contributed by atoms with Gasteiger partial charge in [0, 0.05) is 5.92 Å². The third kappa shape index (κ3) is 1.86. The van der Waals surface area contributed by atoms with E-state index in [0.29, 0.717) is 11.8 Å². The highest BCUT2D eigenvalue weighted by Crippen LogP contribution is 2.22. The van der Waals surface area contributed by atoms with Gasteiger partial charge in [-0.2, -0.15) is 0 Å². The van der Waals surface area contributed by atoms with Crippen LogP contribution in [0.4, 0.5) is 0 Å². The Balaban J connectivity index is 2.82. The Morgan fingerprint density at radius 2 is 1.73 bits per heavy atom. The van der Waals surface area contributed by atoms with Gasteiger partial charge in [-0.3, -0.25) is 0 Å². The lowest BCUT2D eigenvalue weighted by Gasteiger charge is -1.97. The van der Waals surface area contributed by atoms with Crippen LogP contribution in [0.25, 0.3) is 0 Å². The summed E-state index contributed by atoms with van der Waals surface area (Å²) in [5.74, 6) is 2.17. The standard InChI is InChI=1S/C10H16O/c1-7(2)9-5-10(8(3)4)11-6-9/h5-8H,1-4H3. The Bertz CT molecular complexity index is 198. The van der Waals surface area contributed by atoms with Gasteiger partial charge in [0.15, 0.2) is 0 Å². The van der Waals surface area contributed by atoms with Gasteiger partial charge in [0.25, 0.3) is 0 Å². The minimum atomic E-state index is 0.502. The smallest absolute Gasteiger partial charge is 0.106 e. The van der Waals surface area contributed by atoms with Crippen LogP contribution in [0.1, 0.15) is 50.9 Å². The Morgan fingerprint density at radius 3 is 2.00 bits per heavy atom. The van der Waals surface area contributed by atoms with Gasteiger partial charge in [0.1, 0.15) is 5.76 Å². The van der Waals surface area contributed by atoms with Crippen LogP contribution in [0, 0.1) is 0 Å². The second kappa shape index (κ2) is 3.12. The van der Waals surface area contributed by atoms with Crippen LogP contribution >= 0.6 is 0 Å². The molecule has 1 aromatic rings. The van der Waals surface area contributed by atoms with Crippen LogP contribution in [0.15, 0.2) is 16.7 Å². The maximum absolute atomic E-state index is 5.39. The molecule has 0 atom stereocenters. The molecule has 62 valence electrons. The summed E-state index contributed by atoms with van der Waals surface area (Å²) in [6.07, 6.45) is 1.86. The van der Waals surface area contributed by atoms with Gasteiger partial charge in [-0.05, 0) is 17.5 Å². The lowest BCUT2D eigenvalue weighted by atomic mass is 10.1. The third-order valence-electron chi connectivity index (χ3n) is 1.88. The number of hydrogen-bond donors (Lipinski definition) is 0. The zero-order valence-electron chi connectivity index (χ0n) is 7.72. The molecule has 0 saturated heterocycles. The van der Waals surface area contributed by atoms with Crippen molar-refractivity contribution < 1.29 is 4.42 Å². The molecule has 1 heteroatoms. The fraction of sp³-hybridized carbons (Fsp3) is 0.600. The molecular formula is C10H16O. The van der Waals surface area contributed by atoms with Crippen molar-refractivity contribution in [2.75, 3.05) is 0 Å². The quantitative estimate of drug-likeness (QED) is 0.632. The van der Waals surface area contributed by atoms with Crippen LogP contribution < -0.4 is 0 Å². The Hall–Kier alpha value is -0.720. The molecule has 0 spiro atoms. The van der Waals surface area contributed by atoms with Crippen LogP contribution in [-0.4, -0.2) is 0 Å². The van der Waals surface area contributed by atoms with Gasteiger partial charge in [-0.25, -0.2) is 0 Å². The summed E-state index contributed by atoms with van der Waals surface area (Å²) in [4.78, 5) is 0. The van der Waals surface area contributed by atoms with E-state index in [-0.39, 0.29) is 0 Å². The van der Waals surface area contributed by atoms with Crippen LogP contribution in [0.3, 0.4) is 0 Å². The fourth-order valence-corrected chi connectivity index (χ4v) is 0.974. The molecule has 0 amide bonds. The number of hydrogen-bond acceptors (Lipinski definition) is 1. The van der Waals surface area contributed by atoms with Crippen molar-refractivity contribution in [3.63, 3.8) is 0 Å². The van der Waals surface area contributed by atoms with Gasteiger partial charge < -0.3 is 4.42 Å². The van der Waals surface area contributed by atoms with Crippen LogP contribution in [0.5, 0.6) is 0 Å². The highest BCUT2D eigenvalue weighted by Gasteiger charge is 2.07. The van der Waals surface area contributed by atoms with Crippen LogP contribution in [-0.2, 0) is 0 Å². The van der Waals surface area contributed by atoms with E-state index in [4.69, 9.17) is 4.42 Å². The van der Waals surface area contributed by atoms with Crippen molar-refractivity contribution in [2.45, 2.75) is 39.5 Å². The van der Waals surface area contributed by atoms with Gasteiger partial charge in [-0.1, -0.05) is 27.7 Å². The van der Waals surface area contributed by atoms with Gasteiger partial charge >= 0.3 is 0 Å². The Morgan fingerprint density at radius 1 is 1.09 bits per heavy atom. The first-order valence-corrected chi connectivity index (χ1v) is 4.19. The summed E-state index contributed by atoms with van der Waals surface area (Å²) in [6.45, 7) is 8.63. The zero-order chi connectivity index (χ0) is 8.43. The molecule has 1 heterocycles. The molecule has 0 aliphatic heterocycles. The van der Waals surface area contributed by atoms with Crippen molar-refractivity contribution in [3.05, 3.63) is 23.7 Å². The van der Waals surface area contributed by atoms with E-state index in [2.05, 4.69) is 33.8 Å². The monoisotopic (exact) mass is 152 g/mol. The summed E-state index contributed by atoms with van der Waals surface area (Å²) in [5, 5.41) is 0. The molecule has 0 radical (unpaired) electrons. The number of rotatable bonds is 2. The second-order valence-electron chi connectivity index (χ2n) is 3.59. The summed E-state index contributed by atoms with van der Waals surface area (Å²) in [7, 11) is 0. The molecule has 1 aromatic heterocycles. The Kier molecular flexibility index (Phi) is 2.38. The first-order chi connectivity index (χ1) is 5.11. The van der Waals surface area contributed by atoms with E-state index in [1.165, 1.54) is 5.56 Å². The summed E-state index contributed by atoms with van der Waals surface area (Å²) in [5.41, 5.74) is 1.30. The average Bonchev–Trinajstić information content (AvgIpc) is 2.33. The van der Waals surface area contributed by atoms with E-state index >= 15 is 0 Å².